The van der Waals surface area contributed by atoms with Crippen molar-refractivity contribution < 1.29 is 5.11 Å². The van der Waals surface area contributed by atoms with Crippen LogP contribution >= 0.6 is 15.9 Å². The highest BCUT2D eigenvalue weighted by Gasteiger charge is 2.23. The van der Waals surface area contributed by atoms with Crippen LogP contribution in [-0.2, 0) is 0 Å². The molecule has 1 fully saturated rings. The molecule has 0 aromatic heterocycles. The Bertz CT molecular complexity index is 323. The molecule has 0 amide bonds. The Morgan fingerprint density at radius 2 is 2.13 bits per heavy atom. The van der Waals surface area contributed by atoms with Gasteiger partial charge in [0.1, 0.15) is 0 Å². The minimum Gasteiger partial charge on any atom is -0.387 e. The van der Waals surface area contributed by atoms with E-state index in [0.29, 0.717) is 0 Å². The Kier molecular flexibility index (Phi) is 3.78. The highest BCUT2D eigenvalue weighted by molar-refractivity contribution is 9.10. The molecule has 0 radical (unpaired) electrons. The average Bonchev–Trinajstić information content (AvgIpc) is 2.30. The van der Waals surface area contributed by atoms with Gasteiger partial charge < -0.3 is 10.4 Å². The average molecular weight is 270 g/mol. The summed E-state index contributed by atoms with van der Waals surface area (Å²) in [5.74, 6) is 0. The molecule has 2 atom stereocenters. The first-order valence-electron chi connectivity index (χ1n) is 5.45. The lowest BCUT2D eigenvalue weighted by molar-refractivity contribution is 0.113. The topological polar surface area (TPSA) is 32.3 Å². The third-order valence-electron chi connectivity index (χ3n) is 2.95. The fraction of sp³-hybridized carbons (Fsp3) is 0.500. The van der Waals surface area contributed by atoms with Crippen molar-refractivity contribution in [3.63, 3.8) is 0 Å². The smallest absolute Gasteiger partial charge is 0.0953 e. The second-order valence-corrected chi connectivity index (χ2v) is 4.88. The molecule has 1 aromatic carbocycles. The van der Waals surface area contributed by atoms with E-state index in [4.69, 9.17) is 0 Å². The molecule has 1 aliphatic heterocycles. The maximum absolute atomic E-state index is 10.2. The van der Waals surface area contributed by atoms with Gasteiger partial charge in [-0.1, -0.05) is 40.5 Å². The normalized spacial score (nSPS) is 23.7. The standard InChI is InChI=1S/C12H16BrNO/c13-10-6-2-1-5-9(10)12(15)11-7-3-4-8-14-11/h1-2,5-6,11-12,14-15H,3-4,7-8H2. The van der Waals surface area contributed by atoms with Gasteiger partial charge in [0, 0.05) is 10.5 Å². The molecule has 1 aliphatic rings. The highest BCUT2D eigenvalue weighted by atomic mass is 79.9. The van der Waals surface area contributed by atoms with Gasteiger partial charge in [0.05, 0.1) is 6.10 Å². The summed E-state index contributed by atoms with van der Waals surface area (Å²) in [6.07, 6.45) is 3.08. The lowest BCUT2D eigenvalue weighted by Gasteiger charge is -2.28. The summed E-state index contributed by atoms with van der Waals surface area (Å²) >= 11 is 3.48. The predicted octanol–water partition coefficient (Wildman–Crippen LogP) is 2.62. The van der Waals surface area contributed by atoms with E-state index in [0.717, 1.165) is 23.0 Å². The Hall–Kier alpha value is -0.380. The molecule has 0 aliphatic carbocycles. The van der Waals surface area contributed by atoms with Crippen LogP contribution in [-0.4, -0.2) is 17.7 Å². The number of piperidine rings is 1. The van der Waals surface area contributed by atoms with Gasteiger partial charge in [-0.2, -0.15) is 0 Å². The van der Waals surface area contributed by atoms with E-state index in [9.17, 15) is 5.11 Å². The van der Waals surface area contributed by atoms with E-state index in [1.807, 2.05) is 24.3 Å². The van der Waals surface area contributed by atoms with Crippen LogP contribution in [0.3, 0.4) is 0 Å². The summed E-state index contributed by atoms with van der Waals surface area (Å²) in [7, 11) is 0. The Morgan fingerprint density at radius 3 is 2.80 bits per heavy atom. The third kappa shape index (κ3) is 2.60. The number of benzene rings is 1. The van der Waals surface area contributed by atoms with Crippen molar-refractivity contribution in [2.75, 3.05) is 6.54 Å². The van der Waals surface area contributed by atoms with Crippen molar-refractivity contribution in [3.8, 4) is 0 Å². The van der Waals surface area contributed by atoms with Gasteiger partial charge in [-0.3, -0.25) is 0 Å². The molecule has 1 saturated heterocycles. The Labute approximate surface area is 98.8 Å². The number of nitrogens with one attached hydrogen (secondary N) is 1. The number of hydrogen-bond donors (Lipinski definition) is 2. The quantitative estimate of drug-likeness (QED) is 0.865. The van der Waals surface area contributed by atoms with E-state index in [1.165, 1.54) is 12.8 Å². The number of halogens is 1. The van der Waals surface area contributed by atoms with Crippen molar-refractivity contribution in [2.45, 2.75) is 31.4 Å². The number of rotatable bonds is 2. The molecule has 3 heteroatoms. The van der Waals surface area contributed by atoms with Crippen LogP contribution in [0.2, 0.25) is 0 Å². The number of hydrogen-bond acceptors (Lipinski definition) is 2. The summed E-state index contributed by atoms with van der Waals surface area (Å²) < 4.78 is 0.991. The second-order valence-electron chi connectivity index (χ2n) is 4.02. The van der Waals surface area contributed by atoms with Crippen LogP contribution in [0, 0.1) is 0 Å². The Balaban J connectivity index is 2.12. The van der Waals surface area contributed by atoms with Crippen LogP contribution in [0.4, 0.5) is 0 Å². The van der Waals surface area contributed by atoms with Crippen molar-refractivity contribution in [1.29, 1.82) is 0 Å². The van der Waals surface area contributed by atoms with Gasteiger partial charge in [-0.25, -0.2) is 0 Å². The SMILES string of the molecule is OC(c1ccccc1Br)C1CCCCN1. The highest BCUT2D eigenvalue weighted by Crippen LogP contribution is 2.28. The van der Waals surface area contributed by atoms with E-state index in [1.54, 1.807) is 0 Å². The van der Waals surface area contributed by atoms with E-state index >= 15 is 0 Å². The summed E-state index contributed by atoms with van der Waals surface area (Å²) in [5, 5.41) is 13.6. The van der Waals surface area contributed by atoms with Crippen molar-refractivity contribution in [1.82, 2.24) is 5.32 Å². The first kappa shape index (κ1) is 11.1. The first-order chi connectivity index (χ1) is 7.29. The monoisotopic (exact) mass is 269 g/mol. The van der Waals surface area contributed by atoms with Crippen LogP contribution in [0.25, 0.3) is 0 Å². The first-order valence-corrected chi connectivity index (χ1v) is 6.24. The van der Waals surface area contributed by atoms with Crippen molar-refractivity contribution in [2.24, 2.45) is 0 Å². The van der Waals surface area contributed by atoms with Gasteiger partial charge in [-0.15, -0.1) is 0 Å². The van der Waals surface area contributed by atoms with Crippen LogP contribution in [0.1, 0.15) is 30.9 Å². The van der Waals surface area contributed by atoms with Crippen LogP contribution in [0.15, 0.2) is 28.7 Å². The minimum atomic E-state index is -0.402. The lowest BCUT2D eigenvalue weighted by Crippen LogP contribution is -2.38. The predicted molar refractivity (Wildman–Crippen MR) is 64.7 cm³/mol. The van der Waals surface area contributed by atoms with Gasteiger partial charge in [0.15, 0.2) is 0 Å². The molecule has 82 valence electrons. The zero-order valence-corrected chi connectivity index (χ0v) is 10.2. The van der Waals surface area contributed by atoms with Crippen LogP contribution < -0.4 is 5.32 Å². The zero-order valence-electron chi connectivity index (χ0n) is 8.62. The maximum atomic E-state index is 10.2. The summed E-state index contributed by atoms with van der Waals surface area (Å²) in [5.41, 5.74) is 0.983. The molecule has 2 unspecified atom stereocenters. The number of aliphatic hydroxyl groups is 1. The lowest BCUT2D eigenvalue weighted by atomic mass is 9.95. The maximum Gasteiger partial charge on any atom is 0.0953 e. The second kappa shape index (κ2) is 5.10. The van der Waals surface area contributed by atoms with Crippen molar-refractivity contribution in [3.05, 3.63) is 34.3 Å². The third-order valence-corrected chi connectivity index (χ3v) is 3.68. The molecule has 2 nitrogen and oxygen atoms in total. The molecular formula is C12H16BrNO. The zero-order chi connectivity index (χ0) is 10.7. The van der Waals surface area contributed by atoms with Crippen LogP contribution in [0.5, 0.6) is 0 Å². The summed E-state index contributed by atoms with van der Waals surface area (Å²) in [6.45, 7) is 1.02. The van der Waals surface area contributed by atoms with E-state index in [2.05, 4.69) is 21.2 Å². The van der Waals surface area contributed by atoms with Gasteiger partial charge in [-0.05, 0) is 31.0 Å². The summed E-state index contributed by atoms with van der Waals surface area (Å²) in [6, 6.07) is 8.09. The van der Waals surface area contributed by atoms with Gasteiger partial charge in [0.25, 0.3) is 0 Å². The van der Waals surface area contributed by atoms with Gasteiger partial charge >= 0.3 is 0 Å². The summed E-state index contributed by atoms with van der Waals surface area (Å²) in [4.78, 5) is 0. The van der Waals surface area contributed by atoms with E-state index < -0.39 is 6.10 Å². The fourth-order valence-electron chi connectivity index (χ4n) is 2.08. The van der Waals surface area contributed by atoms with E-state index in [-0.39, 0.29) is 6.04 Å². The minimum absolute atomic E-state index is 0.206. The largest absolute Gasteiger partial charge is 0.387 e. The number of aliphatic hydroxyl groups excluding tert-OH is 1. The molecule has 2 N–H and O–H groups in total. The van der Waals surface area contributed by atoms with Crippen molar-refractivity contribution >= 4 is 15.9 Å². The molecule has 1 aromatic rings. The molecule has 0 saturated carbocycles. The molecule has 15 heavy (non-hydrogen) atoms. The molecule has 2 rings (SSSR count). The molecule has 0 spiro atoms. The fourth-order valence-corrected chi connectivity index (χ4v) is 2.60. The molecule has 1 heterocycles. The Morgan fingerprint density at radius 1 is 1.33 bits per heavy atom. The van der Waals surface area contributed by atoms with Gasteiger partial charge in [0.2, 0.25) is 0 Å². The molecular weight excluding hydrogens is 254 g/mol. The molecule has 0 bridgehead atoms.